The van der Waals surface area contributed by atoms with E-state index in [-0.39, 0.29) is 5.91 Å². The lowest BCUT2D eigenvalue weighted by atomic mass is 10.1. The molecule has 5 nitrogen and oxygen atoms in total. The third kappa shape index (κ3) is 6.33. The zero-order chi connectivity index (χ0) is 13.6. The number of nitrogens with zero attached hydrogens (tertiary/aromatic N) is 1. The molecular weight excluding hydrogens is 232 g/mol. The Morgan fingerprint density at radius 1 is 1.44 bits per heavy atom. The number of rotatable bonds is 6. The third-order valence-electron chi connectivity index (χ3n) is 3.01. The Morgan fingerprint density at radius 3 is 2.61 bits per heavy atom. The number of piperidine rings is 1. The van der Waals surface area contributed by atoms with E-state index in [4.69, 9.17) is 4.74 Å². The minimum atomic E-state index is -0.847. The summed E-state index contributed by atoms with van der Waals surface area (Å²) in [7, 11) is 1.71. The van der Waals surface area contributed by atoms with Crippen LogP contribution in [-0.4, -0.2) is 60.9 Å². The van der Waals surface area contributed by atoms with Gasteiger partial charge in [0.1, 0.15) is 0 Å². The average Bonchev–Trinajstić information content (AvgIpc) is 2.28. The van der Waals surface area contributed by atoms with Gasteiger partial charge in [-0.25, -0.2) is 0 Å². The van der Waals surface area contributed by atoms with Gasteiger partial charge < -0.3 is 20.1 Å². The van der Waals surface area contributed by atoms with E-state index in [1.54, 1.807) is 25.8 Å². The van der Waals surface area contributed by atoms with E-state index in [1.807, 2.05) is 0 Å². The van der Waals surface area contributed by atoms with E-state index in [2.05, 4.69) is 5.32 Å². The van der Waals surface area contributed by atoms with Crippen molar-refractivity contribution in [1.82, 2.24) is 10.2 Å². The van der Waals surface area contributed by atoms with Gasteiger partial charge in [0, 0.05) is 13.6 Å². The summed E-state index contributed by atoms with van der Waals surface area (Å²) in [6.45, 7) is 6.21. The Morgan fingerprint density at radius 2 is 2.06 bits per heavy atom. The molecule has 106 valence electrons. The van der Waals surface area contributed by atoms with Crippen LogP contribution < -0.4 is 5.32 Å². The predicted octanol–water partition coefficient (Wildman–Crippen LogP) is 0.374. The molecule has 0 atom stereocenters. The maximum atomic E-state index is 11.8. The van der Waals surface area contributed by atoms with Crippen molar-refractivity contribution in [3.63, 3.8) is 0 Å². The number of hydrogen-bond acceptors (Lipinski definition) is 4. The van der Waals surface area contributed by atoms with E-state index in [9.17, 15) is 9.90 Å². The molecule has 1 heterocycles. The van der Waals surface area contributed by atoms with Crippen molar-refractivity contribution in [3.05, 3.63) is 0 Å². The lowest BCUT2D eigenvalue weighted by Gasteiger charge is -2.26. The molecule has 1 aliphatic rings. The largest absolute Gasteiger partial charge is 0.389 e. The Bertz CT molecular complexity index is 257. The Labute approximate surface area is 109 Å². The van der Waals surface area contributed by atoms with Gasteiger partial charge >= 0.3 is 0 Å². The third-order valence-corrected chi connectivity index (χ3v) is 3.01. The second-order valence-electron chi connectivity index (χ2n) is 5.63. The van der Waals surface area contributed by atoms with E-state index in [0.717, 1.165) is 25.9 Å². The van der Waals surface area contributed by atoms with Crippen molar-refractivity contribution in [2.75, 3.05) is 33.3 Å². The summed E-state index contributed by atoms with van der Waals surface area (Å²) < 4.78 is 5.68. The first-order chi connectivity index (χ1) is 8.38. The van der Waals surface area contributed by atoms with Gasteiger partial charge in [0.2, 0.25) is 5.91 Å². The van der Waals surface area contributed by atoms with Crippen LogP contribution >= 0.6 is 0 Å². The molecule has 1 fully saturated rings. The second kappa shape index (κ2) is 7.07. The first kappa shape index (κ1) is 15.4. The predicted molar refractivity (Wildman–Crippen MR) is 70.4 cm³/mol. The highest BCUT2D eigenvalue weighted by molar-refractivity contribution is 5.76. The quantitative estimate of drug-likeness (QED) is 0.723. The SMILES string of the molecule is CN(CC(C)(C)O)C(=O)CCOC1CCNCC1. The van der Waals surface area contributed by atoms with Gasteiger partial charge in [-0.05, 0) is 39.8 Å². The fourth-order valence-electron chi connectivity index (χ4n) is 2.13. The summed E-state index contributed by atoms with van der Waals surface area (Å²) in [4.78, 5) is 13.3. The number of ether oxygens (including phenoxy) is 1. The summed E-state index contributed by atoms with van der Waals surface area (Å²) in [5.74, 6) is 0.0195. The molecule has 0 saturated carbocycles. The fraction of sp³-hybridized carbons (Fsp3) is 0.923. The summed E-state index contributed by atoms with van der Waals surface area (Å²) in [6, 6.07) is 0. The molecule has 0 aromatic rings. The second-order valence-corrected chi connectivity index (χ2v) is 5.63. The fourth-order valence-corrected chi connectivity index (χ4v) is 2.13. The number of carbonyl (C=O) groups is 1. The van der Waals surface area contributed by atoms with Gasteiger partial charge in [0.25, 0.3) is 0 Å². The van der Waals surface area contributed by atoms with Crippen molar-refractivity contribution >= 4 is 5.91 Å². The van der Waals surface area contributed by atoms with Crippen molar-refractivity contribution in [1.29, 1.82) is 0 Å². The Kier molecular flexibility index (Phi) is 6.05. The van der Waals surface area contributed by atoms with Crippen LogP contribution in [0.3, 0.4) is 0 Å². The van der Waals surface area contributed by atoms with Crippen molar-refractivity contribution in [2.45, 2.75) is 44.8 Å². The normalized spacial score (nSPS) is 17.8. The maximum absolute atomic E-state index is 11.8. The molecule has 1 saturated heterocycles. The first-order valence-corrected chi connectivity index (χ1v) is 6.67. The van der Waals surface area contributed by atoms with E-state index in [0.29, 0.717) is 25.7 Å². The molecule has 0 bridgehead atoms. The van der Waals surface area contributed by atoms with E-state index < -0.39 is 5.60 Å². The van der Waals surface area contributed by atoms with Gasteiger partial charge in [-0.2, -0.15) is 0 Å². The van der Waals surface area contributed by atoms with Gasteiger partial charge in [-0.1, -0.05) is 0 Å². The monoisotopic (exact) mass is 258 g/mol. The molecule has 1 amide bonds. The summed E-state index contributed by atoms with van der Waals surface area (Å²) in [5, 5.41) is 12.9. The van der Waals surface area contributed by atoms with E-state index >= 15 is 0 Å². The molecule has 5 heteroatoms. The van der Waals surface area contributed by atoms with E-state index in [1.165, 1.54) is 0 Å². The van der Waals surface area contributed by atoms with Crippen molar-refractivity contribution < 1.29 is 14.6 Å². The van der Waals surface area contributed by atoms with Crippen LogP contribution in [0.1, 0.15) is 33.1 Å². The molecule has 0 aromatic carbocycles. The Balaban J connectivity index is 2.15. The number of aliphatic hydroxyl groups is 1. The zero-order valence-corrected chi connectivity index (χ0v) is 11.7. The molecule has 2 N–H and O–H groups in total. The summed E-state index contributed by atoms with van der Waals surface area (Å²) in [5.41, 5.74) is -0.847. The van der Waals surface area contributed by atoms with Gasteiger partial charge in [0.15, 0.2) is 0 Å². The minimum Gasteiger partial charge on any atom is -0.389 e. The molecule has 0 aromatic heterocycles. The minimum absolute atomic E-state index is 0.0195. The highest BCUT2D eigenvalue weighted by atomic mass is 16.5. The highest BCUT2D eigenvalue weighted by Crippen LogP contribution is 2.08. The molecule has 1 aliphatic heterocycles. The number of amides is 1. The number of nitrogens with one attached hydrogen (secondary N) is 1. The summed E-state index contributed by atoms with van der Waals surface area (Å²) in [6.07, 6.45) is 2.72. The smallest absolute Gasteiger partial charge is 0.224 e. The van der Waals surface area contributed by atoms with Crippen molar-refractivity contribution in [2.24, 2.45) is 0 Å². The standard InChI is InChI=1S/C13H26N2O3/c1-13(2,17)10-15(3)12(16)6-9-18-11-4-7-14-8-5-11/h11,14,17H,4-10H2,1-3H3. The molecule has 0 aliphatic carbocycles. The highest BCUT2D eigenvalue weighted by Gasteiger charge is 2.19. The molecule has 0 unspecified atom stereocenters. The van der Waals surface area contributed by atoms with Crippen LogP contribution in [-0.2, 0) is 9.53 Å². The zero-order valence-electron chi connectivity index (χ0n) is 11.7. The maximum Gasteiger partial charge on any atom is 0.224 e. The van der Waals surface area contributed by atoms with Crippen LogP contribution in [0.5, 0.6) is 0 Å². The molecule has 0 radical (unpaired) electrons. The van der Waals surface area contributed by atoms with Crippen LogP contribution in [0.4, 0.5) is 0 Å². The number of likely N-dealkylation sites (N-methyl/N-ethyl adjacent to an activating group) is 1. The Hall–Kier alpha value is -0.650. The number of carbonyl (C=O) groups excluding carboxylic acids is 1. The lowest BCUT2D eigenvalue weighted by molar-refractivity contribution is -0.134. The topological polar surface area (TPSA) is 61.8 Å². The van der Waals surface area contributed by atoms with Gasteiger partial charge in [-0.15, -0.1) is 0 Å². The number of hydrogen-bond donors (Lipinski definition) is 2. The molecule has 0 spiro atoms. The van der Waals surface area contributed by atoms with Crippen LogP contribution in [0.15, 0.2) is 0 Å². The molecular formula is C13H26N2O3. The first-order valence-electron chi connectivity index (χ1n) is 6.67. The van der Waals surface area contributed by atoms with Crippen LogP contribution in [0.25, 0.3) is 0 Å². The van der Waals surface area contributed by atoms with Gasteiger partial charge in [-0.3, -0.25) is 4.79 Å². The molecule has 1 rings (SSSR count). The van der Waals surface area contributed by atoms with Crippen LogP contribution in [0.2, 0.25) is 0 Å². The summed E-state index contributed by atoms with van der Waals surface area (Å²) >= 11 is 0. The van der Waals surface area contributed by atoms with Crippen LogP contribution in [0, 0.1) is 0 Å². The molecule has 18 heavy (non-hydrogen) atoms. The average molecular weight is 258 g/mol. The lowest BCUT2D eigenvalue weighted by Crippen LogP contribution is -2.40. The van der Waals surface area contributed by atoms with Crippen molar-refractivity contribution in [3.8, 4) is 0 Å². The van der Waals surface area contributed by atoms with Gasteiger partial charge in [0.05, 0.1) is 24.7 Å².